The Morgan fingerprint density at radius 1 is 0.833 bits per heavy atom. The number of nitrogens with zero attached hydrogens (tertiary/aromatic N) is 2. The van der Waals surface area contributed by atoms with Crippen LogP contribution in [0.3, 0.4) is 0 Å². The first-order valence-corrected chi connectivity index (χ1v) is 6.87. The average Bonchev–Trinajstić information content (AvgIpc) is 2.64. The first-order chi connectivity index (χ1) is 8.03. The molecule has 0 aliphatic carbocycles. The Hall–Kier alpha value is -1.76. The summed E-state index contributed by atoms with van der Waals surface area (Å²) in [5.74, 6) is 0. The van der Waals surface area contributed by atoms with Crippen LogP contribution in [0.2, 0.25) is 0 Å². The minimum absolute atomic E-state index is 0.847. The number of hydrogen-bond acceptors (Lipinski definition) is 8. The fraction of sp³-hybridized carbons (Fsp3) is 0. The first-order valence-electron chi connectivity index (χ1n) is 3.99. The largest absolute Gasteiger partial charge is 0.320 e. The standard InChI is InChI=1S/C6H2N2O8S2/c9-3-1-2(7-5(3)10)4(17(11,12)13)6(8-1)18(14,15)16/h(H,11,12,13)(H,14,15,16). The Balaban J connectivity index is 3.10. The molecule has 2 N–H and O–H groups in total. The van der Waals surface area contributed by atoms with Gasteiger partial charge in [0.2, 0.25) is 5.03 Å². The molecule has 0 spiro atoms. The molecule has 0 aromatic carbocycles. The van der Waals surface area contributed by atoms with Crippen LogP contribution in [0.1, 0.15) is 0 Å². The lowest BCUT2D eigenvalue weighted by atomic mass is 10.4. The molecule has 0 amide bonds. The summed E-state index contributed by atoms with van der Waals surface area (Å²) in [6.45, 7) is 0. The zero-order chi connectivity index (χ0) is 13.9. The Morgan fingerprint density at radius 2 is 1.39 bits per heavy atom. The molecule has 12 heteroatoms. The highest BCUT2D eigenvalue weighted by atomic mass is 32.2. The Bertz CT molecular complexity index is 902. The predicted octanol–water partition coefficient (Wildman–Crippen LogP) is -2.33. The quantitative estimate of drug-likeness (QED) is 0.452. The lowest BCUT2D eigenvalue weighted by Gasteiger charge is -1.96. The Kier molecular flexibility index (Phi) is 2.38. The van der Waals surface area contributed by atoms with Crippen molar-refractivity contribution in [1.29, 1.82) is 0 Å². The molecule has 2 heterocycles. The molecular weight excluding hydrogens is 292 g/mol. The van der Waals surface area contributed by atoms with Crippen LogP contribution in [0, 0.1) is 0 Å². The topological polar surface area (TPSA) is 169 Å². The Morgan fingerprint density at radius 3 is 1.83 bits per heavy atom. The number of rotatable bonds is 2. The van der Waals surface area contributed by atoms with E-state index in [1.165, 1.54) is 0 Å². The van der Waals surface area contributed by atoms with E-state index in [1.807, 2.05) is 0 Å². The summed E-state index contributed by atoms with van der Waals surface area (Å²) in [6, 6.07) is 0. The van der Waals surface area contributed by atoms with Gasteiger partial charge in [0.1, 0.15) is 11.4 Å². The summed E-state index contributed by atoms with van der Waals surface area (Å²) < 4.78 is 61.3. The van der Waals surface area contributed by atoms with Gasteiger partial charge in [0.15, 0.2) is 4.90 Å². The average molecular weight is 294 g/mol. The maximum atomic E-state index is 11.2. The van der Waals surface area contributed by atoms with Gasteiger partial charge < -0.3 is 0 Å². The van der Waals surface area contributed by atoms with Gasteiger partial charge in [0, 0.05) is 0 Å². The van der Waals surface area contributed by atoms with E-state index in [2.05, 4.69) is 9.97 Å². The SMILES string of the molecule is O=c1nc2c(S(=O)(=O)O)c(S(=O)(=O)O)nc-2c1=O. The molecule has 0 atom stereocenters. The summed E-state index contributed by atoms with van der Waals surface area (Å²) in [5, 5.41) is -1.44. The van der Waals surface area contributed by atoms with Gasteiger partial charge in [0.25, 0.3) is 15.5 Å². The molecule has 18 heavy (non-hydrogen) atoms. The van der Waals surface area contributed by atoms with Crippen LogP contribution in [0.25, 0.3) is 11.4 Å². The summed E-state index contributed by atoms with van der Waals surface area (Å²) in [4.78, 5) is 26.6. The van der Waals surface area contributed by atoms with Crippen LogP contribution in [0.4, 0.5) is 0 Å². The zero-order valence-electron chi connectivity index (χ0n) is 8.05. The monoisotopic (exact) mass is 294 g/mol. The maximum Gasteiger partial charge on any atom is 0.320 e. The van der Waals surface area contributed by atoms with Crippen molar-refractivity contribution < 1.29 is 25.9 Å². The van der Waals surface area contributed by atoms with Crippen molar-refractivity contribution >= 4 is 20.2 Å². The molecule has 0 fully saturated rings. The predicted molar refractivity (Wildman–Crippen MR) is 53.2 cm³/mol. The van der Waals surface area contributed by atoms with Crippen LogP contribution >= 0.6 is 0 Å². The second-order valence-electron chi connectivity index (χ2n) is 3.14. The molecule has 0 bridgehead atoms. The third kappa shape index (κ3) is 1.71. The van der Waals surface area contributed by atoms with Gasteiger partial charge in [-0.2, -0.15) is 16.8 Å². The normalized spacial score (nSPS) is 13.2. The summed E-state index contributed by atoms with van der Waals surface area (Å²) in [7, 11) is -10.3. The van der Waals surface area contributed by atoms with Crippen molar-refractivity contribution in [2.75, 3.05) is 0 Å². The fourth-order valence-electron chi connectivity index (χ4n) is 1.34. The van der Waals surface area contributed by atoms with Crippen molar-refractivity contribution in [1.82, 2.24) is 9.97 Å². The van der Waals surface area contributed by atoms with Crippen LogP contribution in [-0.4, -0.2) is 35.9 Å². The van der Waals surface area contributed by atoms with E-state index in [0.717, 1.165) is 0 Å². The lowest BCUT2D eigenvalue weighted by molar-refractivity contribution is 0.464. The smallest absolute Gasteiger partial charge is 0.282 e. The van der Waals surface area contributed by atoms with Crippen molar-refractivity contribution in [3.05, 3.63) is 20.6 Å². The highest BCUT2D eigenvalue weighted by Crippen LogP contribution is 2.30. The number of fused-ring (bicyclic) bond motifs is 1. The van der Waals surface area contributed by atoms with Crippen LogP contribution in [0.15, 0.2) is 19.5 Å². The van der Waals surface area contributed by atoms with Crippen molar-refractivity contribution in [2.45, 2.75) is 9.92 Å². The van der Waals surface area contributed by atoms with E-state index >= 15 is 0 Å². The van der Waals surface area contributed by atoms with Crippen molar-refractivity contribution in [3.8, 4) is 11.4 Å². The molecule has 0 saturated heterocycles. The third-order valence-electron chi connectivity index (χ3n) is 1.97. The van der Waals surface area contributed by atoms with Crippen molar-refractivity contribution in [2.24, 2.45) is 0 Å². The molecular formula is C6H2N2O8S2. The summed E-state index contributed by atoms with van der Waals surface area (Å²) >= 11 is 0. The maximum absolute atomic E-state index is 11.2. The molecule has 0 saturated carbocycles. The van der Waals surface area contributed by atoms with Gasteiger partial charge in [-0.3, -0.25) is 18.7 Å². The zero-order valence-corrected chi connectivity index (χ0v) is 9.69. The molecule has 10 nitrogen and oxygen atoms in total. The Labute approximate surface area is 98.5 Å². The van der Waals surface area contributed by atoms with E-state index in [-0.39, 0.29) is 0 Å². The second-order valence-corrected chi connectivity index (χ2v) is 5.83. The minimum atomic E-state index is -5.15. The molecule has 0 unspecified atom stereocenters. The molecule has 2 rings (SSSR count). The second kappa shape index (κ2) is 3.38. The molecule has 0 aromatic heterocycles. The van der Waals surface area contributed by atoms with Gasteiger partial charge in [-0.05, 0) is 0 Å². The van der Waals surface area contributed by atoms with Gasteiger partial charge in [-0.25, -0.2) is 9.97 Å². The van der Waals surface area contributed by atoms with Gasteiger partial charge in [-0.1, -0.05) is 0 Å². The lowest BCUT2D eigenvalue weighted by Crippen LogP contribution is -2.20. The van der Waals surface area contributed by atoms with Crippen LogP contribution in [-0.2, 0) is 20.2 Å². The summed E-state index contributed by atoms with van der Waals surface area (Å²) in [5.41, 5.74) is -4.41. The minimum Gasteiger partial charge on any atom is -0.282 e. The molecule has 0 radical (unpaired) electrons. The van der Waals surface area contributed by atoms with Gasteiger partial charge >= 0.3 is 15.7 Å². The third-order valence-corrected chi connectivity index (χ3v) is 3.79. The molecule has 2 aliphatic heterocycles. The molecule has 0 aromatic rings. The highest BCUT2D eigenvalue weighted by molar-refractivity contribution is 7.89. The van der Waals surface area contributed by atoms with E-state index in [1.54, 1.807) is 0 Å². The van der Waals surface area contributed by atoms with E-state index in [9.17, 15) is 26.4 Å². The highest BCUT2D eigenvalue weighted by Gasteiger charge is 2.37. The molecule has 96 valence electrons. The number of aromatic nitrogens is 2. The fourth-order valence-corrected chi connectivity index (χ4v) is 3.16. The van der Waals surface area contributed by atoms with Gasteiger partial charge in [-0.15, -0.1) is 0 Å². The van der Waals surface area contributed by atoms with E-state index in [0.29, 0.717) is 0 Å². The van der Waals surface area contributed by atoms with Crippen molar-refractivity contribution in [3.63, 3.8) is 0 Å². The van der Waals surface area contributed by atoms with E-state index < -0.39 is 52.5 Å². The summed E-state index contributed by atoms with van der Waals surface area (Å²) in [6.07, 6.45) is 0. The van der Waals surface area contributed by atoms with E-state index in [4.69, 9.17) is 9.11 Å². The first kappa shape index (κ1) is 12.7. The van der Waals surface area contributed by atoms with Crippen LogP contribution in [0.5, 0.6) is 0 Å². The number of hydrogen-bond donors (Lipinski definition) is 2. The molecule has 2 aliphatic rings. The van der Waals surface area contributed by atoms with Crippen LogP contribution < -0.4 is 11.0 Å². The van der Waals surface area contributed by atoms with Gasteiger partial charge in [0.05, 0.1) is 0 Å².